The van der Waals surface area contributed by atoms with Gasteiger partial charge in [-0.05, 0) is 0 Å². The molecule has 78 valence electrons. The van der Waals surface area contributed by atoms with Crippen molar-refractivity contribution in [1.82, 2.24) is 9.97 Å². The van der Waals surface area contributed by atoms with Gasteiger partial charge in [-0.15, -0.1) is 6.42 Å². The van der Waals surface area contributed by atoms with E-state index in [1.54, 1.807) is 0 Å². The van der Waals surface area contributed by atoms with Gasteiger partial charge in [0.2, 0.25) is 0 Å². The smallest absolute Gasteiger partial charge is 0.356 e. The summed E-state index contributed by atoms with van der Waals surface area (Å²) < 4.78 is 4.49. The molecule has 1 rings (SSSR count). The van der Waals surface area contributed by atoms with E-state index in [1.807, 2.05) is 0 Å². The summed E-state index contributed by atoms with van der Waals surface area (Å²) in [5.74, 6) is 2.06. The first-order chi connectivity index (χ1) is 7.27. The van der Waals surface area contributed by atoms with E-state index in [-0.39, 0.29) is 12.3 Å². The van der Waals surface area contributed by atoms with Crippen LogP contribution in [0.1, 0.15) is 10.5 Å². The third-order valence-corrected chi connectivity index (χ3v) is 1.39. The second kappa shape index (κ2) is 5.57. The number of nitrogens with zero attached hydrogens (tertiary/aromatic N) is 2. The lowest BCUT2D eigenvalue weighted by molar-refractivity contribution is 0.0594. The molecule has 0 fully saturated rings. The zero-order valence-corrected chi connectivity index (χ0v) is 8.06. The minimum Gasteiger partial charge on any atom is -0.464 e. The molecule has 0 aliphatic carbocycles. The molecule has 0 saturated heterocycles. The maximum absolute atomic E-state index is 11.1. The number of terminal acetylenes is 1. The van der Waals surface area contributed by atoms with Crippen molar-refractivity contribution in [2.75, 3.05) is 19.2 Å². The Morgan fingerprint density at radius 1 is 1.67 bits per heavy atom. The minimum atomic E-state index is -0.544. The Hall–Kier alpha value is -2.13. The molecule has 15 heavy (non-hydrogen) atoms. The van der Waals surface area contributed by atoms with Crippen molar-refractivity contribution in [2.24, 2.45) is 0 Å². The maximum Gasteiger partial charge on any atom is 0.356 e. The van der Waals surface area contributed by atoms with Crippen molar-refractivity contribution < 1.29 is 14.4 Å². The Labute approximate surface area is 86.6 Å². The zero-order valence-electron chi connectivity index (χ0n) is 8.06. The molecule has 1 N–H and O–H groups in total. The summed E-state index contributed by atoms with van der Waals surface area (Å²) in [6.07, 6.45) is 6.19. The van der Waals surface area contributed by atoms with E-state index in [9.17, 15) is 4.79 Å². The molecule has 0 aliphatic heterocycles. The highest BCUT2D eigenvalue weighted by molar-refractivity contribution is 5.87. The van der Waals surface area contributed by atoms with Crippen LogP contribution in [0.4, 0.5) is 5.82 Å². The quantitative estimate of drug-likeness (QED) is 0.330. The van der Waals surface area contributed by atoms with Crippen LogP contribution in [-0.2, 0) is 9.57 Å². The summed E-state index contributed by atoms with van der Waals surface area (Å²) in [4.78, 5) is 23.4. The highest BCUT2D eigenvalue weighted by Crippen LogP contribution is 2.04. The Kier molecular flexibility index (Phi) is 4.06. The lowest BCUT2D eigenvalue weighted by Gasteiger charge is -2.03. The number of hydrogen-bond acceptors (Lipinski definition) is 6. The number of esters is 1. The number of carbonyl (C=O) groups excluding carboxylic acids is 1. The van der Waals surface area contributed by atoms with Crippen molar-refractivity contribution >= 4 is 11.8 Å². The van der Waals surface area contributed by atoms with E-state index in [2.05, 4.69) is 26.1 Å². The molecule has 1 aromatic heterocycles. The largest absolute Gasteiger partial charge is 0.464 e. The van der Waals surface area contributed by atoms with Gasteiger partial charge < -0.3 is 4.74 Å². The third-order valence-electron chi connectivity index (χ3n) is 1.39. The van der Waals surface area contributed by atoms with E-state index in [1.165, 1.54) is 19.5 Å². The van der Waals surface area contributed by atoms with Crippen LogP contribution in [0.2, 0.25) is 0 Å². The summed E-state index contributed by atoms with van der Waals surface area (Å²) in [5.41, 5.74) is 2.60. The highest BCUT2D eigenvalue weighted by Gasteiger charge is 2.07. The normalized spacial score (nSPS) is 9.07. The van der Waals surface area contributed by atoms with Crippen molar-refractivity contribution in [3.05, 3.63) is 18.1 Å². The SMILES string of the molecule is C#CCONc1cc(C(=O)OC)ncn1. The van der Waals surface area contributed by atoms with Gasteiger partial charge in [0.05, 0.1) is 7.11 Å². The van der Waals surface area contributed by atoms with Gasteiger partial charge in [-0.25, -0.2) is 20.2 Å². The Bertz CT molecular complexity index is 386. The van der Waals surface area contributed by atoms with E-state index in [0.717, 1.165) is 0 Å². The number of aromatic nitrogens is 2. The second-order valence-electron chi connectivity index (χ2n) is 2.37. The summed E-state index contributed by atoms with van der Waals surface area (Å²) in [7, 11) is 1.27. The Balaban J connectivity index is 2.66. The molecule has 0 aliphatic rings. The van der Waals surface area contributed by atoms with Gasteiger partial charge in [0.1, 0.15) is 12.9 Å². The summed E-state index contributed by atoms with van der Waals surface area (Å²) in [6, 6.07) is 1.39. The fourth-order valence-corrected chi connectivity index (χ4v) is 0.781. The number of ether oxygens (including phenoxy) is 1. The first kappa shape index (κ1) is 10.9. The predicted octanol–water partition coefficient (Wildman–Crippen LogP) is 0.240. The standard InChI is InChI=1S/C9H9N3O3/c1-3-4-15-12-8-5-7(9(13)14-2)10-6-11-8/h1,5-6H,4H2,2H3,(H,10,11,12). The first-order valence-electron chi connectivity index (χ1n) is 3.99. The Morgan fingerprint density at radius 2 is 2.47 bits per heavy atom. The van der Waals surface area contributed by atoms with Crippen LogP contribution in [-0.4, -0.2) is 29.7 Å². The molecule has 0 atom stereocenters. The van der Waals surface area contributed by atoms with Gasteiger partial charge in [0.15, 0.2) is 11.5 Å². The molecule has 6 nitrogen and oxygen atoms in total. The molecule has 0 amide bonds. The van der Waals surface area contributed by atoms with E-state index >= 15 is 0 Å². The average molecular weight is 207 g/mol. The van der Waals surface area contributed by atoms with Crippen LogP contribution >= 0.6 is 0 Å². The maximum atomic E-state index is 11.1. The van der Waals surface area contributed by atoms with Crippen molar-refractivity contribution in [2.45, 2.75) is 0 Å². The topological polar surface area (TPSA) is 73.3 Å². The van der Waals surface area contributed by atoms with Gasteiger partial charge in [-0.3, -0.25) is 4.84 Å². The number of nitrogens with one attached hydrogen (secondary N) is 1. The van der Waals surface area contributed by atoms with E-state index in [4.69, 9.17) is 11.3 Å². The predicted molar refractivity (Wildman–Crippen MR) is 51.8 cm³/mol. The molecular formula is C9H9N3O3. The first-order valence-corrected chi connectivity index (χ1v) is 3.99. The molecule has 0 aromatic carbocycles. The van der Waals surface area contributed by atoms with Crippen LogP contribution in [0.5, 0.6) is 0 Å². The molecule has 0 bridgehead atoms. The summed E-state index contributed by atoms with van der Waals surface area (Å²) in [6.45, 7) is 0.0948. The lowest BCUT2D eigenvalue weighted by Crippen LogP contribution is -2.08. The highest BCUT2D eigenvalue weighted by atomic mass is 16.6. The van der Waals surface area contributed by atoms with Gasteiger partial charge in [0.25, 0.3) is 0 Å². The Morgan fingerprint density at radius 3 is 3.13 bits per heavy atom. The van der Waals surface area contributed by atoms with Gasteiger partial charge in [-0.1, -0.05) is 5.92 Å². The minimum absolute atomic E-state index is 0.0948. The molecule has 1 heterocycles. The van der Waals surface area contributed by atoms with Gasteiger partial charge >= 0.3 is 5.97 Å². The monoisotopic (exact) mass is 207 g/mol. The number of anilines is 1. The van der Waals surface area contributed by atoms with Gasteiger partial charge in [0, 0.05) is 6.07 Å². The average Bonchev–Trinajstić information content (AvgIpc) is 2.29. The molecule has 1 aromatic rings. The van der Waals surface area contributed by atoms with Gasteiger partial charge in [-0.2, -0.15) is 0 Å². The van der Waals surface area contributed by atoms with Crippen molar-refractivity contribution in [1.29, 1.82) is 0 Å². The number of carbonyl (C=O) groups is 1. The molecule has 0 radical (unpaired) electrons. The molecule has 0 saturated carbocycles. The zero-order chi connectivity index (χ0) is 11.1. The third kappa shape index (κ3) is 3.25. The number of hydrogen-bond donors (Lipinski definition) is 1. The fraction of sp³-hybridized carbons (Fsp3) is 0.222. The van der Waals surface area contributed by atoms with Crippen LogP contribution in [0.15, 0.2) is 12.4 Å². The van der Waals surface area contributed by atoms with Crippen LogP contribution in [0.25, 0.3) is 0 Å². The molecular weight excluding hydrogens is 198 g/mol. The summed E-state index contributed by atoms with van der Waals surface area (Å²) in [5, 5.41) is 0. The molecule has 0 spiro atoms. The van der Waals surface area contributed by atoms with Crippen LogP contribution < -0.4 is 5.48 Å². The van der Waals surface area contributed by atoms with E-state index in [0.29, 0.717) is 5.82 Å². The van der Waals surface area contributed by atoms with Crippen LogP contribution in [0, 0.1) is 12.3 Å². The van der Waals surface area contributed by atoms with Crippen LogP contribution in [0.3, 0.4) is 0 Å². The fourth-order valence-electron chi connectivity index (χ4n) is 0.781. The second-order valence-corrected chi connectivity index (χ2v) is 2.37. The summed E-state index contributed by atoms with van der Waals surface area (Å²) >= 11 is 0. The molecule has 6 heteroatoms. The molecule has 0 unspecified atom stereocenters. The van der Waals surface area contributed by atoms with Crippen molar-refractivity contribution in [3.63, 3.8) is 0 Å². The number of methoxy groups -OCH3 is 1. The number of rotatable bonds is 4. The lowest BCUT2D eigenvalue weighted by atomic mass is 10.4. The van der Waals surface area contributed by atoms with Crippen molar-refractivity contribution in [3.8, 4) is 12.3 Å². The van der Waals surface area contributed by atoms with E-state index < -0.39 is 5.97 Å².